The third-order valence-electron chi connectivity index (χ3n) is 4.75. The van der Waals surface area contributed by atoms with Crippen LogP contribution in [0.3, 0.4) is 0 Å². The molecule has 1 aliphatic rings. The number of fused-ring (bicyclic) bond motifs is 1. The van der Waals surface area contributed by atoms with Crippen molar-refractivity contribution in [1.82, 2.24) is 9.29 Å². The number of nitrogens with zero attached hydrogens (tertiary/aromatic N) is 2. The van der Waals surface area contributed by atoms with E-state index in [1.807, 2.05) is 19.1 Å². The molecule has 0 spiro atoms. The monoisotopic (exact) mass is 342 g/mol. The summed E-state index contributed by atoms with van der Waals surface area (Å²) in [4.78, 5) is 4.65. The molecule has 0 amide bonds. The van der Waals surface area contributed by atoms with E-state index in [-0.39, 0.29) is 12.6 Å². The quantitative estimate of drug-likeness (QED) is 0.799. The van der Waals surface area contributed by atoms with Gasteiger partial charge in [-0.1, -0.05) is 31.2 Å². The van der Waals surface area contributed by atoms with Crippen LogP contribution in [0.15, 0.2) is 35.4 Å². The molecule has 1 heterocycles. The molecule has 126 valence electrons. The summed E-state index contributed by atoms with van der Waals surface area (Å²) < 4.78 is 28.2. The fourth-order valence-electron chi connectivity index (χ4n) is 3.51. The van der Waals surface area contributed by atoms with Crippen molar-refractivity contribution in [2.75, 3.05) is 6.54 Å². The second kappa shape index (κ2) is 6.92. The Morgan fingerprint density at radius 3 is 2.71 bits per heavy atom. The molecule has 4 nitrogen and oxygen atoms in total. The number of pyridine rings is 1. The molecular formula is C19H22N2O2S. The van der Waals surface area contributed by atoms with Gasteiger partial charge in [-0.15, -0.1) is 6.42 Å². The Morgan fingerprint density at radius 2 is 2.00 bits per heavy atom. The van der Waals surface area contributed by atoms with Gasteiger partial charge < -0.3 is 0 Å². The molecule has 2 aromatic rings. The summed E-state index contributed by atoms with van der Waals surface area (Å²) in [5, 5.41) is 0.662. The Labute approximate surface area is 143 Å². The Balaban J connectivity index is 2.12. The fourth-order valence-corrected chi connectivity index (χ4v) is 5.29. The maximum absolute atomic E-state index is 13.3. The van der Waals surface area contributed by atoms with Crippen LogP contribution in [0.5, 0.6) is 0 Å². The van der Waals surface area contributed by atoms with Gasteiger partial charge in [0.05, 0.1) is 17.0 Å². The van der Waals surface area contributed by atoms with E-state index in [1.54, 1.807) is 18.3 Å². The van der Waals surface area contributed by atoms with Crippen LogP contribution >= 0.6 is 0 Å². The number of rotatable bonds is 4. The van der Waals surface area contributed by atoms with Gasteiger partial charge in [-0.05, 0) is 43.5 Å². The molecule has 0 aliphatic heterocycles. The molecule has 1 saturated carbocycles. The number of aryl methyl sites for hydroxylation is 1. The minimum absolute atomic E-state index is 0.00664. The summed E-state index contributed by atoms with van der Waals surface area (Å²) in [6.45, 7) is 2.05. The predicted molar refractivity (Wildman–Crippen MR) is 96.1 cm³/mol. The Kier molecular flexibility index (Phi) is 4.88. The molecule has 3 rings (SSSR count). The molecule has 1 aromatic carbocycles. The van der Waals surface area contributed by atoms with Gasteiger partial charge in [0.2, 0.25) is 10.0 Å². The van der Waals surface area contributed by atoms with Crippen molar-refractivity contribution in [3.05, 3.63) is 36.0 Å². The average Bonchev–Trinajstić information content (AvgIpc) is 2.60. The Hall–Kier alpha value is -1.90. The van der Waals surface area contributed by atoms with E-state index in [1.165, 1.54) is 4.31 Å². The van der Waals surface area contributed by atoms with Gasteiger partial charge in [-0.3, -0.25) is 4.98 Å². The molecule has 5 heteroatoms. The second-order valence-electron chi connectivity index (χ2n) is 6.33. The molecule has 0 unspecified atom stereocenters. The highest BCUT2D eigenvalue weighted by molar-refractivity contribution is 7.89. The lowest BCUT2D eigenvalue weighted by atomic mass is 9.95. The van der Waals surface area contributed by atoms with Crippen LogP contribution in [0, 0.1) is 19.3 Å². The van der Waals surface area contributed by atoms with Gasteiger partial charge in [-0.2, -0.15) is 4.31 Å². The first-order chi connectivity index (χ1) is 11.6. The van der Waals surface area contributed by atoms with E-state index in [2.05, 4.69) is 10.9 Å². The Morgan fingerprint density at radius 1 is 1.25 bits per heavy atom. The van der Waals surface area contributed by atoms with Crippen molar-refractivity contribution in [3.63, 3.8) is 0 Å². The number of benzene rings is 1. The van der Waals surface area contributed by atoms with Crippen molar-refractivity contribution < 1.29 is 8.42 Å². The van der Waals surface area contributed by atoms with Crippen LogP contribution in [0.25, 0.3) is 10.9 Å². The van der Waals surface area contributed by atoms with E-state index < -0.39 is 10.0 Å². The molecule has 0 saturated heterocycles. The maximum atomic E-state index is 13.3. The van der Waals surface area contributed by atoms with Crippen LogP contribution < -0.4 is 0 Å². The number of sulfonamides is 1. The van der Waals surface area contributed by atoms with E-state index in [4.69, 9.17) is 6.42 Å². The topological polar surface area (TPSA) is 50.3 Å². The first kappa shape index (κ1) is 16.9. The third kappa shape index (κ3) is 3.04. The van der Waals surface area contributed by atoms with E-state index >= 15 is 0 Å². The smallest absolute Gasteiger partial charge is 0.244 e. The average molecular weight is 342 g/mol. The van der Waals surface area contributed by atoms with Gasteiger partial charge in [-0.25, -0.2) is 8.42 Å². The van der Waals surface area contributed by atoms with E-state index in [0.29, 0.717) is 10.3 Å². The summed E-state index contributed by atoms with van der Waals surface area (Å²) in [7, 11) is -3.66. The van der Waals surface area contributed by atoms with Crippen LogP contribution in [0.4, 0.5) is 0 Å². The minimum atomic E-state index is -3.66. The molecule has 1 fully saturated rings. The fraction of sp³-hybridized carbons (Fsp3) is 0.421. The molecule has 0 radical (unpaired) electrons. The van der Waals surface area contributed by atoms with Crippen molar-refractivity contribution in [2.45, 2.75) is 50.0 Å². The van der Waals surface area contributed by atoms with Crippen molar-refractivity contribution in [3.8, 4) is 12.3 Å². The standard InChI is InChI=1S/C19H22N2O2S/c1-3-14-21(16-8-5-4-6-9-16)24(22,23)18-12-11-15(2)19-17(18)10-7-13-20-19/h1,7,10-13,16H,4-6,8-9,14H2,2H3. The lowest BCUT2D eigenvalue weighted by Gasteiger charge is -2.32. The predicted octanol–water partition coefficient (Wildman–Crippen LogP) is 3.50. The summed E-state index contributed by atoms with van der Waals surface area (Å²) in [5.74, 6) is 2.53. The van der Waals surface area contributed by atoms with Gasteiger partial charge in [0, 0.05) is 17.6 Å². The highest BCUT2D eigenvalue weighted by atomic mass is 32.2. The normalized spacial score (nSPS) is 16.4. The molecule has 0 bridgehead atoms. The molecule has 0 atom stereocenters. The number of hydrogen-bond acceptors (Lipinski definition) is 3. The number of hydrogen-bond donors (Lipinski definition) is 0. The van der Waals surface area contributed by atoms with E-state index in [9.17, 15) is 8.42 Å². The molecule has 1 aromatic heterocycles. The van der Waals surface area contributed by atoms with Crippen molar-refractivity contribution in [1.29, 1.82) is 0 Å². The van der Waals surface area contributed by atoms with E-state index in [0.717, 1.165) is 43.2 Å². The number of terminal acetylenes is 1. The third-order valence-corrected chi connectivity index (χ3v) is 6.70. The first-order valence-electron chi connectivity index (χ1n) is 8.35. The summed E-state index contributed by atoms with van der Waals surface area (Å²) >= 11 is 0. The highest BCUT2D eigenvalue weighted by Gasteiger charge is 2.33. The second-order valence-corrected chi connectivity index (χ2v) is 8.19. The van der Waals surface area contributed by atoms with Crippen LogP contribution in [0.2, 0.25) is 0 Å². The summed E-state index contributed by atoms with van der Waals surface area (Å²) in [5.41, 5.74) is 1.69. The molecular weight excluding hydrogens is 320 g/mol. The van der Waals surface area contributed by atoms with Gasteiger partial charge in [0.1, 0.15) is 0 Å². The first-order valence-corrected chi connectivity index (χ1v) is 9.79. The molecule has 1 aliphatic carbocycles. The van der Waals surface area contributed by atoms with Crippen LogP contribution in [0.1, 0.15) is 37.7 Å². The number of aromatic nitrogens is 1. The summed E-state index contributed by atoms with van der Waals surface area (Å²) in [6, 6.07) is 7.08. The van der Waals surface area contributed by atoms with Crippen molar-refractivity contribution >= 4 is 20.9 Å². The minimum Gasteiger partial charge on any atom is -0.256 e. The SMILES string of the molecule is C#CCN(C1CCCCC1)S(=O)(=O)c1ccc(C)c2ncccc12. The highest BCUT2D eigenvalue weighted by Crippen LogP contribution is 2.31. The lowest BCUT2D eigenvalue weighted by Crippen LogP contribution is -2.41. The van der Waals surface area contributed by atoms with Crippen molar-refractivity contribution in [2.24, 2.45) is 0 Å². The van der Waals surface area contributed by atoms with Gasteiger partial charge in [0.15, 0.2) is 0 Å². The Bertz CT molecular complexity index is 878. The largest absolute Gasteiger partial charge is 0.256 e. The maximum Gasteiger partial charge on any atom is 0.244 e. The van der Waals surface area contributed by atoms with Crippen LogP contribution in [-0.4, -0.2) is 30.3 Å². The van der Waals surface area contributed by atoms with Gasteiger partial charge in [0.25, 0.3) is 0 Å². The summed E-state index contributed by atoms with van der Waals surface area (Å²) in [6.07, 6.45) is 12.2. The zero-order valence-corrected chi connectivity index (χ0v) is 14.7. The van der Waals surface area contributed by atoms with Gasteiger partial charge >= 0.3 is 0 Å². The molecule has 0 N–H and O–H groups in total. The van der Waals surface area contributed by atoms with Crippen LogP contribution in [-0.2, 0) is 10.0 Å². The zero-order valence-electron chi connectivity index (χ0n) is 13.9. The lowest BCUT2D eigenvalue weighted by molar-refractivity contribution is 0.272. The molecule has 24 heavy (non-hydrogen) atoms. The zero-order chi connectivity index (χ0) is 17.2.